The molecule has 0 unspecified atom stereocenters. The quantitative estimate of drug-likeness (QED) is 0.419. The zero-order valence-corrected chi connectivity index (χ0v) is 14.7. The van der Waals surface area contributed by atoms with Crippen LogP contribution in [0.4, 0.5) is 4.39 Å². The number of fused-ring (bicyclic) bond motifs is 1. The Hall–Kier alpha value is -3.52. The van der Waals surface area contributed by atoms with E-state index in [1.54, 1.807) is 24.3 Å². The van der Waals surface area contributed by atoms with Gasteiger partial charge in [-0.05, 0) is 42.5 Å². The van der Waals surface area contributed by atoms with E-state index < -0.39 is 5.91 Å². The number of hydrogen-bond donors (Lipinski definition) is 2. The molecular formula is C19H13FN4O2S. The Balaban J connectivity index is 1.64. The number of carbonyl (C=O) groups is 1. The number of nitrogens with zero attached hydrogens (tertiary/aromatic N) is 3. The average molecular weight is 380 g/mol. The summed E-state index contributed by atoms with van der Waals surface area (Å²) in [5.41, 5.74) is 4.76. The Morgan fingerprint density at radius 3 is 2.85 bits per heavy atom. The third-order valence-corrected chi connectivity index (χ3v) is 4.63. The maximum atomic E-state index is 13.2. The minimum absolute atomic E-state index is 0.000924. The third kappa shape index (κ3) is 3.42. The van der Waals surface area contributed by atoms with Gasteiger partial charge < -0.3 is 5.11 Å². The molecule has 0 aliphatic heterocycles. The van der Waals surface area contributed by atoms with Crippen molar-refractivity contribution < 1.29 is 14.3 Å². The van der Waals surface area contributed by atoms with Crippen molar-refractivity contribution in [3.8, 4) is 17.0 Å². The molecule has 4 aromatic rings. The van der Waals surface area contributed by atoms with E-state index in [-0.39, 0.29) is 11.6 Å². The van der Waals surface area contributed by atoms with Crippen LogP contribution in [-0.2, 0) is 0 Å². The van der Waals surface area contributed by atoms with Gasteiger partial charge in [-0.3, -0.25) is 9.20 Å². The predicted molar refractivity (Wildman–Crippen MR) is 102 cm³/mol. The molecule has 2 aromatic heterocycles. The van der Waals surface area contributed by atoms with Crippen molar-refractivity contribution in [2.45, 2.75) is 0 Å². The number of amides is 1. The Bertz CT molecular complexity index is 1150. The maximum absolute atomic E-state index is 13.2. The van der Waals surface area contributed by atoms with Gasteiger partial charge in [0, 0.05) is 22.7 Å². The molecule has 27 heavy (non-hydrogen) atoms. The highest BCUT2D eigenvalue weighted by Gasteiger charge is 2.14. The van der Waals surface area contributed by atoms with Gasteiger partial charge in [0.2, 0.25) is 0 Å². The molecule has 8 heteroatoms. The van der Waals surface area contributed by atoms with Crippen molar-refractivity contribution in [1.82, 2.24) is 14.8 Å². The molecule has 0 saturated carbocycles. The van der Waals surface area contributed by atoms with Crippen LogP contribution in [0.5, 0.6) is 5.75 Å². The van der Waals surface area contributed by atoms with Gasteiger partial charge in [0.05, 0.1) is 17.6 Å². The predicted octanol–water partition coefficient (Wildman–Crippen LogP) is 3.67. The number of hydrazone groups is 1. The first-order valence-corrected chi connectivity index (χ1v) is 8.84. The normalized spacial score (nSPS) is 11.3. The summed E-state index contributed by atoms with van der Waals surface area (Å²) in [5.74, 6) is -0.772. The van der Waals surface area contributed by atoms with E-state index in [4.69, 9.17) is 0 Å². The molecule has 4 rings (SSSR count). The van der Waals surface area contributed by atoms with Crippen molar-refractivity contribution in [3.63, 3.8) is 0 Å². The molecule has 1 amide bonds. The molecule has 134 valence electrons. The van der Waals surface area contributed by atoms with Gasteiger partial charge in [0.15, 0.2) is 4.96 Å². The molecule has 0 spiro atoms. The van der Waals surface area contributed by atoms with Crippen molar-refractivity contribution in [2.24, 2.45) is 5.10 Å². The molecule has 0 aliphatic rings. The lowest BCUT2D eigenvalue weighted by molar-refractivity contribution is 0.0954. The molecule has 6 nitrogen and oxygen atoms in total. The lowest BCUT2D eigenvalue weighted by Gasteiger charge is -2.02. The van der Waals surface area contributed by atoms with Crippen LogP contribution in [0.1, 0.15) is 16.1 Å². The van der Waals surface area contributed by atoms with E-state index in [9.17, 15) is 14.3 Å². The second-order valence-electron chi connectivity index (χ2n) is 5.66. The second kappa shape index (κ2) is 7.00. The number of aromatic hydroxyl groups is 1. The number of thiazole rings is 1. The molecule has 0 bridgehead atoms. The molecular weight excluding hydrogens is 367 g/mol. The van der Waals surface area contributed by atoms with Gasteiger partial charge in [0.25, 0.3) is 5.91 Å². The number of benzene rings is 2. The summed E-state index contributed by atoms with van der Waals surface area (Å²) in [7, 11) is 0. The molecule has 0 fully saturated rings. The molecule has 0 saturated heterocycles. The lowest BCUT2D eigenvalue weighted by Crippen LogP contribution is -2.17. The highest BCUT2D eigenvalue weighted by molar-refractivity contribution is 7.15. The van der Waals surface area contributed by atoms with Crippen molar-refractivity contribution in [2.75, 3.05) is 0 Å². The fraction of sp³-hybridized carbons (Fsp3) is 0. The summed E-state index contributed by atoms with van der Waals surface area (Å²) in [6.07, 6.45) is 3.34. The van der Waals surface area contributed by atoms with Crippen molar-refractivity contribution >= 4 is 28.4 Å². The first kappa shape index (κ1) is 16.9. The van der Waals surface area contributed by atoms with Crippen LogP contribution in [0.3, 0.4) is 0 Å². The van der Waals surface area contributed by atoms with Crippen LogP contribution in [-0.4, -0.2) is 26.6 Å². The fourth-order valence-corrected chi connectivity index (χ4v) is 3.33. The fourth-order valence-electron chi connectivity index (χ4n) is 2.61. The number of phenols is 1. The Labute approximate surface area is 157 Å². The number of nitrogens with one attached hydrogen (secondary N) is 1. The van der Waals surface area contributed by atoms with E-state index in [2.05, 4.69) is 15.5 Å². The highest BCUT2D eigenvalue weighted by Crippen LogP contribution is 2.25. The molecule has 0 radical (unpaired) electrons. The summed E-state index contributed by atoms with van der Waals surface area (Å²) in [5, 5.41) is 15.4. The Kier molecular flexibility index (Phi) is 4.39. The maximum Gasteiger partial charge on any atom is 0.271 e. The second-order valence-corrected chi connectivity index (χ2v) is 6.53. The van der Waals surface area contributed by atoms with Crippen LogP contribution >= 0.6 is 11.3 Å². The van der Waals surface area contributed by atoms with Gasteiger partial charge in [-0.25, -0.2) is 14.8 Å². The number of hydrogen-bond acceptors (Lipinski definition) is 5. The van der Waals surface area contributed by atoms with E-state index in [0.717, 1.165) is 10.5 Å². The summed E-state index contributed by atoms with van der Waals surface area (Å²) in [6.45, 7) is 0. The van der Waals surface area contributed by atoms with Gasteiger partial charge >= 0.3 is 0 Å². The van der Waals surface area contributed by atoms with Crippen LogP contribution in [0, 0.1) is 5.82 Å². The van der Waals surface area contributed by atoms with Crippen molar-refractivity contribution in [3.05, 3.63) is 77.2 Å². The van der Waals surface area contributed by atoms with E-state index in [0.29, 0.717) is 17.0 Å². The van der Waals surface area contributed by atoms with Gasteiger partial charge in [-0.2, -0.15) is 5.10 Å². The summed E-state index contributed by atoms with van der Waals surface area (Å²) < 4.78 is 15.1. The van der Waals surface area contributed by atoms with Crippen LogP contribution in [0.15, 0.2) is 65.2 Å². The largest absolute Gasteiger partial charge is 0.508 e. The van der Waals surface area contributed by atoms with Crippen molar-refractivity contribution in [1.29, 1.82) is 0 Å². The molecule has 2 heterocycles. The first-order valence-electron chi connectivity index (χ1n) is 7.96. The summed E-state index contributed by atoms with van der Waals surface area (Å²) in [4.78, 5) is 17.5. The number of rotatable bonds is 4. The lowest BCUT2D eigenvalue weighted by atomic mass is 10.1. The van der Waals surface area contributed by atoms with Crippen LogP contribution in [0.2, 0.25) is 0 Å². The third-order valence-electron chi connectivity index (χ3n) is 3.88. The van der Waals surface area contributed by atoms with E-state index in [1.165, 1.54) is 41.8 Å². The zero-order chi connectivity index (χ0) is 18.8. The van der Waals surface area contributed by atoms with Crippen LogP contribution in [0.25, 0.3) is 16.2 Å². The monoisotopic (exact) mass is 380 g/mol. The summed E-state index contributed by atoms with van der Waals surface area (Å²) in [6, 6.07) is 12.0. The number of aromatic nitrogens is 2. The number of carbonyl (C=O) groups excluding carboxylic acids is 1. The topological polar surface area (TPSA) is 79.0 Å². The Morgan fingerprint density at radius 2 is 2.07 bits per heavy atom. The Morgan fingerprint density at radius 1 is 1.26 bits per heavy atom. The number of phenolic OH excluding ortho intramolecular Hbond substituents is 1. The zero-order valence-electron chi connectivity index (χ0n) is 13.8. The number of imidazole rings is 1. The SMILES string of the molecule is O=C(N/N=C/c1c(-c2ccc(F)cc2)nc2sccn12)c1cccc(O)c1. The van der Waals surface area contributed by atoms with Gasteiger partial charge in [0.1, 0.15) is 11.6 Å². The average Bonchev–Trinajstić information content (AvgIpc) is 3.24. The number of halogens is 1. The molecule has 2 N–H and O–H groups in total. The standard InChI is InChI=1S/C19H13FN4O2S/c20-14-6-4-12(5-7-14)17-16(24-8-9-27-19(24)22-17)11-21-23-18(26)13-2-1-3-15(25)10-13/h1-11,25H,(H,23,26)/b21-11+. The molecule has 0 aliphatic carbocycles. The van der Waals surface area contributed by atoms with E-state index >= 15 is 0 Å². The highest BCUT2D eigenvalue weighted by atomic mass is 32.1. The first-order chi connectivity index (χ1) is 13.1. The van der Waals surface area contributed by atoms with Gasteiger partial charge in [-0.1, -0.05) is 6.07 Å². The molecule has 2 aromatic carbocycles. The minimum atomic E-state index is -0.448. The smallest absolute Gasteiger partial charge is 0.271 e. The van der Waals surface area contributed by atoms with Crippen LogP contribution < -0.4 is 5.43 Å². The molecule has 0 atom stereocenters. The van der Waals surface area contributed by atoms with Gasteiger partial charge in [-0.15, -0.1) is 11.3 Å². The summed E-state index contributed by atoms with van der Waals surface area (Å²) >= 11 is 1.46. The minimum Gasteiger partial charge on any atom is -0.508 e. The van der Waals surface area contributed by atoms with E-state index in [1.807, 2.05) is 16.0 Å².